The molecule has 15 heterocycles. The summed E-state index contributed by atoms with van der Waals surface area (Å²) in [5.74, 6) is -2.79. The summed E-state index contributed by atoms with van der Waals surface area (Å²) in [5, 5.41) is 40.5. The highest BCUT2D eigenvalue weighted by Crippen LogP contribution is 2.79. The number of sulfonamides is 1. The van der Waals surface area contributed by atoms with Gasteiger partial charge in [0, 0.05) is 148 Å². The molecule has 0 amide bonds. The third-order valence-electron chi connectivity index (χ3n) is 32.5. The van der Waals surface area contributed by atoms with Gasteiger partial charge in [0.05, 0.1) is 63.2 Å². The molecular weight excluding hydrogens is 1800 g/mol. The van der Waals surface area contributed by atoms with Crippen molar-refractivity contribution < 1.29 is 26.0 Å². The van der Waals surface area contributed by atoms with Crippen molar-refractivity contribution in [1.29, 1.82) is 0 Å². The molecule has 0 bridgehead atoms. The fourth-order valence-electron chi connectivity index (χ4n) is 26.0. The predicted molar refractivity (Wildman–Crippen MR) is 505 cm³/mol. The number of anilines is 4. The number of aromatic amines is 4. The molecule has 33 nitrogen and oxygen atoms in total. The van der Waals surface area contributed by atoms with E-state index in [1.54, 1.807) is 107 Å². The van der Waals surface area contributed by atoms with Crippen molar-refractivity contribution in [3.63, 3.8) is 0 Å². The summed E-state index contributed by atoms with van der Waals surface area (Å²) in [7, 11) is 0.550. The summed E-state index contributed by atoms with van der Waals surface area (Å²) in [6, 6.07) is 31.2. The molecule has 690 valence electrons. The number of hydrazine groups is 1. The molecule has 6 aromatic carbocycles. The summed E-state index contributed by atoms with van der Waals surface area (Å²) in [5.41, 5.74) is 31.7. The Morgan fingerprint density at radius 1 is 0.485 bits per heavy atom. The van der Waals surface area contributed by atoms with Crippen LogP contribution in [0.4, 0.5) is 40.8 Å². The Kier molecular flexibility index (Phi) is 19.0. The van der Waals surface area contributed by atoms with E-state index in [4.69, 9.17) is 101 Å². The third kappa shape index (κ3) is 12.0. The van der Waals surface area contributed by atoms with Crippen LogP contribution in [0.2, 0.25) is 10.0 Å². The van der Waals surface area contributed by atoms with E-state index in [9.17, 15) is 0 Å². The Morgan fingerprint density at radius 3 is 1.40 bits per heavy atom. The molecule has 8 aliphatic rings. The number of halogens is 6. The standard InChI is InChI=1S/C96H91Cl2F4N31O2S/c1-47-53(36-111-129(47)5)80-85-89(124-120-80)115-74(39-109-85)132-32-28-56-64(44-132)94(56,60-16-8-12-20-69(60)101)91(105)96(90(104)93(59-15-7-11-19-68(59)100)55-27-31-131(43-63(55)93)73-37-106-82-77(117-121-86(82)113-73)49-35-110-127(3)41-49,95(61-17-9-13-21-70(61)102)57-29-33-133(45-65(57)95)75-40-108-84-79(119-123-88(84)116-75)52-24-25-71-81(76(52)98)112-48(2)128(71)4)125-126-136(134,135)50-22-23-51(66(97)34-50)78-83-87(122-118-78)114-72(38-107-83)130-30-26-54-62(42-130)92(54,46-103)58-14-6-10-18-67(58)99/h6-25,34-41,54-57,62-65,90-91,125-126H,26-33,42-46,103-105H2,1-5H3,(H,113,117,121)(H,114,118,122)(H,115,120,124)(H,116,119,123). The monoisotopic (exact) mass is 1890 g/mol. The number of nitrogens with two attached hydrogens (primary N) is 3. The van der Waals surface area contributed by atoms with Gasteiger partial charge in [-0.2, -0.15) is 30.6 Å². The largest absolute Gasteiger partial charge is 0.355 e. The normalized spacial score (nSPS) is 25.4. The molecule has 4 aliphatic carbocycles. The van der Waals surface area contributed by atoms with Crippen LogP contribution in [-0.2, 0) is 52.8 Å². The van der Waals surface area contributed by atoms with E-state index in [0.29, 0.717) is 158 Å². The van der Waals surface area contributed by atoms with Gasteiger partial charge in [0.15, 0.2) is 22.6 Å². The van der Waals surface area contributed by atoms with Gasteiger partial charge in [-0.15, -0.1) is 4.83 Å². The SMILES string of the molecule is Cc1c(-c2n[nH]c3nc(N4CCC5C(C4)C5(c4ccccc4F)C(N)C(NNS(=O)(=O)c4ccc(-c5n[nH]c6nc(N7CCC8C(C7)C8(CN)c7ccccc7F)cnc56)c(Cl)c4)(C(N)C4(c5ccccc5F)C5CCN(c6cnc7c(-c8cnn(C)c8)n[nH]c7n6)CC54)C4(c5ccccc5F)C5CCN(c6cnc7c(-c8ccc9c(nc(C)n9C)c8Cl)n[nH]c7n6)CC54)cnc23)cnn1C. The van der Waals surface area contributed by atoms with Crippen molar-refractivity contribution in [3.05, 3.63) is 238 Å². The van der Waals surface area contributed by atoms with Gasteiger partial charge in [-0.25, -0.2) is 76.3 Å². The molecule has 15 unspecified atom stereocenters. The minimum atomic E-state index is -5.04. The maximum atomic E-state index is 19.3. The second-order valence-corrected chi connectivity index (χ2v) is 40.5. The molecule has 8 fully saturated rings. The maximum Gasteiger partial charge on any atom is 0.253 e. The molecule has 15 atom stereocenters. The van der Waals surface area contributed by atoms with Crippen molar-refractivity contribution in [2.24, 2.45) is 85.7 Å². The number of benzene rings is 6. The second-order valence-electron chi connectivity index (χ2n) is 38.1. The number of hydrogen-bond acceptors (Lipinski definition) is 25. The van der Waals surface area contributed by atoms with Crippen LogP contribution in [0.3, 0.4) is 0 Å². The van der Waals surface area contributed by atoms with E-state index in [-0.39, 0.29) is 82.6 Å². The van der Waals surface area contributed by atoms with Gasteiger partial charge < -0.3 is 41.4 Å². The van der Waals surface area contributed by atoms with Crippen molar-refractivity contribution in [2.45, 2.75) is 83.7 Å². The fraction of sp³-hybridized carbons (Fsp3) is 0.344. The number of rotatable bonds is 22. The van der Waals surface area contributed by atoms with Crippen LogP contribution < -0.4 is 47.1 Å². The zero-order valence-electron chi connectivity index (χ0n) is 74.2. The molecule has 17 aromatic rings. The lowest BCUT2D eigenvalue weighted by Gasteiger charge is -2.56. The highest BCUT2D eigenvalue weighted by Gasteiger charge is 2.87. The number of fused-ring (bicyclic) bond motifs is 9. The number of H-pyrrole nitrogens is 4. The fourth-order valence-corrected chi connectivity index (χ4v) is 27.5. The number of nitrogens with one attached hydrogen (secondary N) is 6. The first-order chi connectivity index (χ1) is 65.9. The van der Waals surface area contributed by atoms with Crippen LogP contribution in [0.25, 0.3) is 101 Å². The molecule has 0 spiro atoms. The van der Waals surface area contributed by atoms with Gasteiger partial charge in [-0.3, -0.25) is 29.8 Å². The van der Waals surface area contributed by atoms with E-state index < -0.39 is 102 Å². The first-order valence-electron chi connectivity index (χ1n) is 45.7. The number of hydrogen-bond donors (Lipinski definition) is 9. The summed E-state index contributed by atoms with van der Waals surface area (Å²) in [6.07, 6.45) is 13.8. The van der Waals surface area contributed by atoms with Crippen LogP contribution >= 0.6 is 23.2 Å². The molecule has 12 N–H and O–H groups in total. The minimum Gasteiger partial charge on any atom is -0.355 e. The average Bonchev–Trinajstić information content (AvgIpc) is 1.44. The number of aryl methyl sites for hydroxylation is 4. The van der Waals surface area contributed by atoms with Crippen molar-refractivity contribution in [3.8, 4) is 45.0 Å². The zero-order valence-corrected chi connectivity index (χ0v) is 76.5. The molecular formula is C96H91Cl2F4N31O2S. The Bertz CT molecular complexity index is 7910. The van der Waals surface area contributed by atoms with Crippen molar-refractivity contribution in [1.82, 2.24) is 120 Å². The quantitative estimate of drug-likeness (QED) is 0.0225. The molecule has 4 saturated heterocycles. The lowest BCUT2D eigenvalue weighted by atomic mass is 9.56. The van der Waals surface area contributed by atoms with Crippen molar-refractivity contribution in [2.75, 3.05) is 78.5 Å². The maximum absolute atomic E-state index is 19.3. The molecule has 40 heteroatoms. The van der Waals surface area contributed by atoms with Gasteiger partial charge in [0.1, 0.15) is 103 Å². The Labute approximate surface area is 784 Å². The number of imidazole rings is 1. The topological polar surface area (TPSA) is 421 Å². The molecule has 0 radical (unpaired) electrons. The Hall–Kier alpha value is -13.3. The van der Waals surface area contributed by atoms with Gasteiger partial charge >= 0.3 is 0 Å². The smallest absolute Gasteiger partial charge is 0.253 e. The Balaban J connectivity index is 0.650. The summed E-state index contributed by atoms with van der Waals surface area (Å²) in [6.45, 7) is 6.81. The minimum absolute atomic E-state index is 0.0431. The lowest BCUT2D eigenvalue weighted by molar-refractivity contribution is 0.0822. The van der Waals surface area contributed by atoms with Crippen LogP contribution in [0.1, 0.15) is 59.5 Å². The van der Waals surface area contributed by atoms with Gasteiger partial charge in [0.2, 0.25) is 0 Å². The lowest BCUT2D eigenvalue weighted by Crippen LogP contribution is -2.82. The van der Waals surface area contributed by atoms with E-state index in [2.05, 4.69) is 65.5 Å². The summed E-state index contributed by atoms with van der Waals surface area (Å²) >= 11 is 14.7. The summed E-state index contributed by atoms with van der Waals surface area (Å²) < 4.78 is 111. The van der Waals surface area contributed by atoms with Crippen LogP contribution in [0, 0.1) is 84.5 Å². The second kappa shape index (κ2) is 30.6. The first kappa shape index (κ1) is 84.4. The molecule has 25 rings (SSSR count). The highest BCUT2D eigenvalue weighted by atomic mass is 35.5. The number of piperidine rings is 4. The Morgan fingerprint density at radius 2 is 0.926 bits per heavy atom. The van der Waals surface area contributed by atoms with E-state index in [0.717, 1.165) is 34.6 Å². The average molecular weight is 1890 g/mol. The van der Waals surface area contributed by atoms with Crippen LogP contribution in [0.15, 0.2) is 176 Å². The summed E-state index contributed by atoms with van der Waals surface area (Å²) in [4.78, 5) is 56.6. The number of nitrogens with zero attached hydrogens (tertiary/aromatic N) is 22. The molecule has 136 heavy (non-hydrogen) atoms. The molecule has 4 aliphatic heterocycles. The van der Waals surface area contributed by atoms with Crippen LogP contribution in [-0.4, -0.2) is 195 Å². The van der Waals surface area contributed by atoms with Gasteiger partial charge in [-0.05, 0) is 164 Å². The predicted octanol–water partition coefficient (Wildman–Crippen LogP) is 11.7. The van der Waals surface area contributed by atoms with Crippen molar-refractivity contribution >= 4 is 112 Å². The van der Waals surface area contributed by atoms with Crippen LogP contribution in [0.5, 0.6) is 0 Å². The zero-order chi connectivity index (χ0) is 92.9. The van der Waals surface area contributed by atoms with E-state index >= 15 is 26.0 Å². The molecule has 11 aromatic heterocycles. The van der Waals surface area contributed by atoms with E-state index in [1.807, 2.05) is 70.0 Å². The van der Waals surface area contributed by atoms with E-state index in [1.165, 1.54) is 42.5 Å². The van der Waals surface area contributed by atoms with Gasteiger partial charge in [0.25, 0.3) is 10.0 Å². The third-order valence-corrected chi connectivity index (χ3v) is 34.5. The number of aromatic nitrogens is 22. The highest BCUT2D eigenvalue weighted by molar-refractivity contribution is 7.89. The van der Waals surface area contributed by atoms with Gasteiger partial charge in [-0.1, -0.05) is 96.0 Å². The molecule has 4 saturated carbocycles. The first-order valence-corrected chi connectivity index (χ1v) is 47.9.